The molecule has 1 aliphatic carbocycles. The van der Waals surface area contributed by atoms with Crippen LogP contribution in [0.15, 0.2) is 65.5 Å². The van der Waals surface area contributed by atoms with Crippen LogP contribution < -0.4 is 5.32 Å². The Morgan fingerprint density at radius 1 is 1.12 bits per heavy atom. The first-order chi connectivity index (χ1) is 16.0. The van der Waals surface area contributed by atoms with Crippen molar-refractivity contribution in [3.05, 3.63) is 84.1 Å². The maximum absolute atomic E-state index is 15.4. The molecule has 1 N–H and O–H groups in total. The van der Waals surface area contributed by atoms with Crippen molar-refractivity contribution in [3.63, 3.8) is 0 Å². The molecule has 5 rings (SSSR count). The molecule has 2 aromatic heterocycles. The number of furan rings is 1. The zero-order valence-electron chi connectivity index (χ0n) is 18.1. The third-order valence-electron chi connectivity index (χ3n) is 6.19. The predicted octanol–water partition coefficient (Wildman–Crippen LogP) is 6.76. The zero-order chi connectivity index (χ0) is 22.9. The second kappa shape index (κ2) is 8.65. The molecule has 1 saturated carbocycles. The average molecular weight is 447 g/mol. The largest absolute Gasteiger partial charge is 0.459 e. The lowest BCUT2D eigenvalue weighted by Crippen LogP contribution is -2.13. The van der Waals surface area contributed by atoms with Crippen molar-refractivity contribution in [3.8, 4) is 22.5 Å². The normalized spacial score (nSPS) is 14.0. The number of amides is 1. The summed E-state index contributed by atoms with van der Waals surface area (Å²) in [6.45, 7) is 1.74. The van der Waals surface area contributed by atoms with Crippen LogP contribution in [0.5, 0.6) is 0 Å². The minimum absolute atomic E-state index is 0.170. The van der Waals surface area contributed by atoms with Crippen LogP contribution in [0.2, 0.25) is 0 Å². The van der Waals surface area contributed by atoms with Crippen LogP contribution in [0.25, 0.3) is 22.5 Å². The van der Waals surface area contributed by atoms with Gasteiger partial charge in [-0.2, -0.15) is 0 Å². The number of hydrogen-bond donors (Lipinski definition) is 1. The number of benzene rings is 2. The van der Waals surface area contributed by atoms with Crippen molar-refractivity contribution < 1.29 is 18.0 Å². The standard InChI is InChI=1S/C26H23F2N3O2/c1-16-13-21(28)20(14-22(16)30-26(32)23-7-4-12-33-23)25-24(17-8-10-18(27)11-9-17)29-15-31(25)19-5-2-3-6-19/h4,7-15,19H,2-3,5-6H2,1H3,(H,30,32). The Hall–Kier alpha value is -3.74. The van der Waals surface area contributed by atoms with Gasteiger partial charge in [-0.25, -0.2) is 13.8 Å². The molecule has 0 atom stereocenters. The molecule has 0 aliphatic heterocycles. The molecular weight excluding hydrogens is 424 g/mol. The molecule has 5 nitrogen and oxygen atoms in total. The summed E-state index contributed by atoms with van der Waals surface area (Å²) in [4.78, 5) is 17.2. The Bertz CT molecular complexity index is 1290. The first kappa shape index (κ1) is 21.1. The van der Waals surface area contributed by atoms with E-state index in [1.165, 1.54) is 24.5 Å². The van der Waals surface area contributed by atoms with Crippen LogP contribution in [0.1, 0.15) is 47.8 Å². The van der Waals surface area contributed by atoms with Crippen LogP contribution in [0.4, 0.5) is 14.5 Å². The van der Waals surface area contributed by atoms with E-state index in [4.69, 9.17) is 4.42 Å². The molecule has 0 radical (unpaired) electrons. The lowest BCUT2D eigenvalue weighted by molar-refractivity contribution is 0.0996. The number of carbonyl (C=O) groups excluding carboxylic acids is 1. The molecule has 2 heterocycles. The fourth-order valence-electron chi connectivity index (χ4n) is 4.49. The van der Waals surface area contributed by atoms with Crippen LogP contribution in [-0.4, -0.2) is 15.5 Å². The van der Waals surface area contributed by atoms with E-state index in [0.717, 1.165) is 25.7 Å². The van der Waals surface area contributed by atoms with Crippen molar-refractivity contribution in [1.82, 2.24) is 9.55 Å². The topological polar surface area (TPSA) is 60.1 Å². The van der Waals surface area contributed by atoms with Gasteiger partial charge in [-0.15, -0.1) is 0 Å². The summed E-state index contributed by atoms with van der Waals surface area (Å²) in [6.07, 6.45) is 7.35. The van der Waals surface area contributed by atoms with Crippen molar-refractivity contribution in [2.24, 2.45) is 0 Å². The Morgan fingerprint density at radius 3 is 2.58 bits per heavy atom. The Labute approximate surface area is 190 Å². The van der Waals surface area contributed by atoms with Gasteiger partial charge in [0.2, 0.25) is 0 Å². The van der Waals surface area contributed by atoms with Gasteiger partial charge in [-0.05, 0) is 73.9 Å². The van der Waals surface area contributed by atoms with E-state index >= 15 is 4.39 Å². The van der Waals surface area contributed by atoms with E-state index in [0.29, 0.717) is 33.8 Å². The van der Waals surface area contributed by atoms with Gasteiger partial charge in [0, 0.05) is 22.9 Å². The highest BCUT2D eigenvalue weighted by Gasteiger charge is 2.26. The molecule has 1 fully saturated rings. The second-order valence-corrected chi connectivity index (χ2v) is 8.37. The molecule has 0 saturated heterocycles. The number of nitrogens with one attached hydrogen (secondary N) is 1. The van der Waals surface area contributed by atoms with Crippen LogP contribution >= 0.6 is 0 Å². The quantitative estimate of drug-likeness (QED) is 0.367. The van der Waals surface area contributed by atoms with E-state index in [1.807, 2.05) is 4.57 Å². The SMILES string of the molecule is Cc1cc(F)c(-c2c(-c3ccc(F)cc3)ncn2C2CCCC2)cc1NC(=O)c1ccco1. The first-order valence-corrected chi connectivity index (χ1v) is 11.0. The van der Waals surface area contributed by atoms with Gasteiger partial charge in [0.15, 0.2) is 5.76 Å². The lowest BCUT2D eigenvalue weighted by atomic mass is 10.0. The van der Waals surface area contributed by atoms with E-state index in [2.05, 4.69) is 10.3 Å². The summed E-state index contributed by atoms with van der Waals surface area (Å²) < 4.78 is 36.1. The molecule has 0 spiro atoms. The number of nitrogens with zero attached hydrogens (tertiary/aromatic N) is 2. The van der Waals surface area contributed by atoms with E-state index in [1.54, 1.807) is 43.6 Å². The molecular formula is C26H23F2N3O2. The second-order valence-electron chi connectivity index (χ2n) is 8.37. The molecule has 33 heavy (non-hydrogen) atoms. The number of carbonyl (C=O) groups is 1. The summed E-state index contributed by atoms with van der Waals surface area (Å²) in [6, 6.07) is 12.5. The number of aryl methyl sites for hydroxylation is 1. The predicted molar refractivity (Wildman–Crippen MR) is 122 cm³/mol. The van der Waals surface area contributed by atoms with Gasteiger partial charge in [0.1, 0.15) is 11.6 Å². The number of imidazole rings is 1. The molecule has 1 aliphatic rings. The summed E-state index contributed by atoms with van der Waals surface area (Å²) in [7, 11) is 0. The van der Waals surface area contributed by atoms with Gasteiger partial charge in [0.25, 0.3) is 5.91 Å². The fraction of sp³-hybridized carbons (Fsp3) is 0.231. The summed E-state index contributed by atoms with van der Waals surface area (Å²) in [5.74, 6) is -1.00. The third kappa shape index (κ3) is 4.06. The lowest BCUT2D eigenvalue weighted by Gasteiger charge is -2.18. The van der Waals surface area contributed by atoms with Gasteiger partial charge in [-0.1, -0.05) is 12.8 Å². The monoisotopic (exact) mass is 447 g/mol. The van der Waals surface area contributed by atoms with Crippen LogP contribution in [0, 0.1) is 18.6 Å². The molecule has 7 heteroatoms. The summed E-state index contributed by atoms with van der Waals surface area (Å²) >= 11 is 0. The molecule has 168 valence electrons. The Kier molecular flexibility index (Phi) is 5.54. The van der Waals surface area contributed by atoms with Crippen molar-refractivity contribution in [1.29, 1.82) is 0 Å². The van der Waals surface area contributed by atoms with Crippen LogP contribution in [-0.2, 0) is 0 Å². The molecule has 2 aromatic carbocycles. The number of anilines is 1. The van der Waals surface area contributed by atoms with Gasteiger partial charge in [-0.3, -0.25) is 4.79 Å². The van der Waals surface area contributed by atoms with E-state index in [-0.39, 0.29) is 17.6 Å². The highest BCUT2D eigenvalue weighted by atomic mass is 19.1. The molecule has 1 amide bonds. The summed E-state index contributed by atoms with van der Waals surface area (Å²) in [5, 5.41) is 2.82. The van der Waals surface area contributed by atoms with E-state index in [9.17, 15) is 9.18 Å². The van der Waals surface area contributed by atoms with Gasteiger partial charge in [0.05, 0.1) is 24.0 Å². The number of aromatic nitrogens is 2. The minimum atomic E-state index is -0.413. The van der Waals surface area contributed by atoms with Crippen molar-refractivity contribution in [2.75, 3.05) is 5.32 Å². The highest BCUT2D eigenvalue weighted by molar-refractivity contribution is 6.03. The Balaban J connectivity index is 1.63. The van der Waals surface area contributed by atoms with Crippen LogP contribution in [0.3, 0.4) is 0 Å². The molecule has 4 aromatic rings. The molecule has 0 bridgehead atoms. The fourth-order valence-corrected chi connectivity index (χ4v) is 4.49. The Morgan fingerprint density at radius 2 is 1.88 bits per heavy atom. The van der Waals surface area contributed by atoms with E-state index < -0.39 is 11.7 Å². The van der Waals surface area contributed by atoms with Crippen molar-refractivity contribution >= 4 is 11.6 Å². The maximum Gasteiger partial charge on any atom is 0.291 e. The zero-order valence-corrected chi connectivity index (χ0v) is 18.1. The number of rotatable bonds is 5. The number of hydrogen-bond acceptors (Lipinski definition) is 3. The summed E-state index contributed by atoms with van der Waals surface area (Å²) in [5.41, 5.74) is 3.30. The minimum Gasteiger partial charge on any atom is -0.459 e. The maximum atomic E-state index is 15.4. The average Bonchev–Trinajstić information content (AvgIpc) is 3.57. The third-order valence-corrected chi connectivity index (χ3v) is 6.19. The van der Waals surface area contributed by atoms with Gasteiger partial charge < -0.3 is 14.3 Å². The smallest absolute Gasteiger partial charge is 0.291 e. The first-order valence-electron chi connectivity index (χ1n) is 11.0. The highest BCUT2D eigenvalue weighted by Crippen LogP contribution is 2.40. The van der Waals surface area contributed by atoms with Crippen molar-refractivity contribution in [2.45, 2.75) is 38.6 Å². The molecule has 0 unspecified atom stereocenters. The number of halogens is 2. The van der Waals surface area contributed by atoms with Gasteiger partial charge >= 0.3 is 0 Å².